The second-order valence-electron chi connectivity index (χ2n) is 6.68. The molecule has 2 N–H and O–H groups in total. The SMILES string of the molecule is CCNC(=NCC(C)(C)OC)NCC(c1cccnc1)C(C)C.I. The van der Waals surface area contributed by atoms with Gasteiger partial charge in [-0.3, -0.25) is 9.98 Å². The number of halogens is 1. The average molecular weight is 448 g/mol. The molecular formula is C18H33IN4O. The lowest BCUT2D eigenvalue weighted by molar-refractivity contribution is 0.0310. The molecule has 0 saturated heterocycles. The summed E-state index contributed by atoms with van der Waals surface area (Å²) in [7, 11) is 1.72. The Balaban J connectivity index is 0.00000529. The highest BCUT2D eigenvalue weighted by atomic mass is 127. The molecule has 0 fully saturated rings. The number of guanidine groups is 1. The van der Waals surface area contributed by atoms with E-state index in [4.69, 9.17) is 4.74 Å². The van der Waals surface area contributed by atoms with Crippen molar-refractivity contribution in [2.24, 2.45) is 10.9 Å². The second-order valence-corrected chi connectivity index (χ2v) is 6.68. The van der Waals surface area contributed by atoms with Crippen LogP contribution in [0, 0.1) is 5.92 Å². The fraction of sp³-hybridized carbons (Fsp3) is 0.667. The normalized spacial score (nSPS) is 13.4. The lowest BCUT2D eigenvalue weighted by atomic mass is 9.89. The first-order valence-electron chi connectivity index (χ1n) is 8.37. The fourth-order valence-corrected chi connectivity index (χ4v) is 2.22. The summed E-state index contributed by atoms with van der Waals surface area (Å²) >= 11 is 0. The lowest BCUT2D eigenvalue weighted by Crippen LogP contribution is -2.41. The van der Waals surface area contributed by atoms with Gasteiger partial charge >= 0.3 is 0 Å². The summed E-state index contributed by atoms with van der Waals surface area (Å²) in [5, 5.41) is 6.75. The number of aromatic nitrogens is 1. The van der Waals surface area contributed by atoms with Crippen molar-refractivity contribution in [1.29, 1.82) is 0 Å². The number of hydrogen-bond donors (Lipinski definition) is 2. The van der Waals surface area contributed by atoms with E-state index in [0.717, 1.165) is 19.0 Å². The van der Waals surface area contributed by atoms with Crippen LogP contribution >= 0.6 is 24.0 Å². The van der Waals surface area contributed by atoms with Crippen molar-refractivity contribution in [2.45, 2.75) is 46.1 Å². The average Bonchev–Trinajstić information content (AvgIpc) is 2.53. The summed E-state index contributed by atoms with van der Waals surface area (Å²) in [4.78, 5) is 8.88. The third-order valence-corrected chi connectivity index (χ3v) is 3.92. The van der Waals surface area contributed by atoms with Gasteiger partial charge in [0.1, 0.15) is 0 Å². The number of hydrogen-bond acceptors (Lipinski definition) is 3. The molecule has 0 aliphatic rings. The van der Waals surface area contributed by atoms with E-state index >= 15 is 0 Å². The zero-order valence-electron chi connectivity index (χ0n) is 15.8. The zero-order valence-corrected chi connectivity index (χ0v) is 18.1. The molecule has 1 unspecified atom stereocenters. The molecule has 0 amide bonds. The predicted molar refractivity (Wildman–Crippen MR) is 112 cm³/mol. The van der Waals surface area contributed by atoms with E-state index in [0.29, 0.717) is 18.4 Å². The lowest BCUT2D eigenvalue weighted by Gasteiger charge is -2.24. The third-order valence-electron chi connectivity index (χ3n) is 3.92. The summed E-state index contributed by atoms with van der Waals surface area (Å²) in [6, 6.07) is 4.13. The molecule has 1 aromatic rings. The maximum atomic E-state index is 5.43. The van der Waals surface area contributed by atoms with Crippen molar-refractivity contribution in [3.63, 3.8) is 0 Å². The van der Waals surface area contributed by atoms with Crippen LogP contribution in [0.15, 0.2) is 29.5 Å². The van der Waals surface area contributed by atoms with Crippen LogP contribution in [0.1, 0.15) is 46.1 Å². The highest BCUT2D eigenvalue weighted by Crippen LogP contribution is 2.22. The van der Waals surface area contributed by atoms with Gasteiger partial charge in [0.2, 0.25) is 0 Å². The van der Waals surface area contributed by atoms with Crippen LogP contribution in [0.4, 0.5) is 0 Å². The molecule has 0 aromatic carbocycles. The van der Waals surface area contributed by atoms with Crippen molar-refractivity contribution in [3.05, 3.63) is 30.1 Å². The van der Waals surface area contributed by atoms with Crippen LogP contribution in [0.5, 0.6) is 0 Å². The molecule has 0 radical (unpaired) electrons. The number of pyridine rings is 1. The van der Waals surface area contributed by atoms with Crippen molar-refractivity contribution < 1.29 is 4.74 Å². The Morgan fingerprint density at radius 2 is 2.04 bits per heavy atom. The maximum Gasteiger partial charge on any atom is 0.191 e. The Hall–Kier alpha value is -0.890. The first-order valence-corrected chi connectivity index (χ1v) is 8.37. The molecule has 0 saturated carbocycles. The summed E-state index contributed by atoms with van der Waals surface area (Å²) in [6.07, 6.45) is 3.76. The molecular weight excluding hydrogens is 415 g/mol. The predicted octanol–water partition coefficient (Wildman–Crippen LogP) is 3.42. The minimum Gasteiger partial charge on any atom is -0.377 e. The highest BCUT2D eigenvalue weighted by molar-refractivity contribution is 14.0. The Morgan fingerprint density at radius 3 is 2.54 bits per heavy atom. The summed E-state index contributed by atoms with van der Waals surface area (Å²) < 4.78 is 5.43. The zero-order chi connectivity index (χ0) is 17.3. The van der Waals surface area contributed by atoms with Crippen molar-refractivity contribution in [1.82, 2.24) is 15.6 Å². The Morgan fingerprint density at radius 1 is 1.33 bits per heavy atom. The van der Waals surface area contributed by atoms with Crippen molar-refractivity contribution in [3.8, 4) is 0 Å². The number of rotatable bonds is 8. The largest absolute Gasteiger partial charge is 0.377 e. The van der Waals surface area contributed by atoms with E-state index in [-0.39, 0.29) is 29.6 Å². The highest BCUT2D eigenvalue weighted by Gasteiger charge is 2.18. The molecule has 1 atom stereocenters. The Labute approximate surface area is 164 Å². The van der Waals surface area contributed by atoms with E-state index in [1.807, 2.05) is 32.3 Å². The van der Waals surface area contributed by atoms with Gasteiger partial charge in [-0.2, -0.15) is 0 Å². The minimum absolute atomic E-state index is 0. The van der Waals surface area contributed by atoms with Gasteiger partial charge in [0.05, 0.1) is 12.1 Å². The monoisotopic (exact) mass is 448 g/mol. The van der Waals surface area contributed by atoms with Crippen LogP contribution in [-0.2, 0) is 4.74 Å². The number of ether oxygens (including phenoxy) is 1. The third kappa shape index (κ3) is 8.28. The van der Waals surface area contributed by atoms with Crippen LogP contribution < -0.4 is 10.6 Å². The first kappa shape index (κ1) is 23.1. The quantitative estimate of drug-likeness (QED) is 0.364. The summed E-state index contributed by atoms with van der Waals surface area (Å²) in [6.45, 7) is 12.9. The molecule has 0 spiro atoms. The fourth-order valence-electron chi connectivity index (χ4n) is 2.22. The smallest absolute Gasteiger partial charge is 0.191 e. The molecule has 0 bridgehead atoms. The van der Waals surface area contributed by atoms with Gasteiger partial charge in [-0.05, 0) is 38.3 Å². The van der Waals surface area contributed by atoms with E-state index < -0.39 is 0 Å². The Bertz CT molecular complexity index is 477. The Kier molecular flexibility index (Phi) is 11.2. The van der Waals surface area contributed by atoms with Gasteiger partial charge in [0.15, 0.2) is 5.96 Å². The van der Waals surface area contributed by atoms with Crippen LogP contribution in [0.2, 0.25) is 0 Å². The summed E-state index contributed by atoms with van der Waals surface area (Å²) in [5.74, 6) is 1.74. The van der Waals surface area contributed by atoms with Crippen molar-refractivity contribution >= 4 is 29.9 Å². The van der Waals surface area contributed by atoms with Gasteiger partial charge < -0.3 is 15.4 Å². The van der Waals surface area contributed by atoms with Gasteiger partial charge in [0.25, 0.3) is 0 Å². The summed E-state index contributed by atoms with van der Waals surface area (Å²) in [5.41, 5.74) is 0.992. The van der Waals surface area contributed by atoms with E-state index in [1.165, 1.54) is 5.56 Å². The topological polar surface area (TPSA) is 58.5 Å². The molecule has 138 valence electrons. The van der Waals surface area contributed by atoms with Gasteiger partial charge in [-0.25, -0.2) is 0 Å². The standard InChI is InChI=1S/C18H32N4O.HI/c1-7-20-17(22-13-18(4,5)23-6)21-12-16(14(2)3)15-9-8-10-19-11-15;/h8-11,14,16H,7,12-13H2,1-6H3,(H2,20,21,22);1H. The van der Waals surface area contributed by atoms with E-state index in [2.05, 4.69) is 47.4 Å². The first-order chi connectivity index (χ1) is 10.9. The molecule has 1 heterocycles. The van der Waals surface area contributed by atoms with Crippen LogP contribution in [0.3, 0.4) is 0 Å². The molecule has 6 heteroatoms. The number of nitrogens with zero attached hydrogens (tertiary/aromatic N) is 2. The molecule has 1 aromatic heterocycles. The van der Waals surface area contributed by atoms with E-state index in [1.54, 1.807) is 7.11 Å². The number of aliphatic imine (C=N–C) groups is 1. The van der Waals surface area contributed by atoms with Crippen LogP contribution in [0.25, 0.3) is 0 Å². The minimum atomic E-state index is -0.261. The van der Waals surface area contributed by atoms with E-state index in [9.17, 15) is 0 Å². The maximum absolute atomic E-state index is 5.43. The molecule has 0 aliphatic heterocycles. The number of nitrogens with one attached hydrogen (secondary N) is 2. The van der Waals surface area contributed by atoms with Gasteiger partial charge in [-0.1, -0.05) is 19.9 Å². The molecule has 5 nitrogen and oxygen atoms in total. The van der Waals surface area contributed by atoms with Crippen molar-refractivity contribution in [2.75, 3.05) is 26.7 Å². The van der Waals surface area contributed by atoms with Crippen LogP contribution in [-0.4, -0.2) is 43.3 Å². The second kappa shape index (κ2) is 11.6. The van der Waals surface area contributed by atoms with Gasteiger partial charge in [-0.15, -0.1) is 24.0 Å². The molecule has 1 rings (SSSR count). The van der Waals surface area contributed by atoms with Gasteiger partial charge in [0, 0.05) is 38.5 Å². The molecule has 24 heavy (non-hydrogen) atoms. The molecule has 0 aliphatic carbocycles. The number of methoxy groups -OCH3 is 1.